The zero-order chi connectivity index (χ0) is 17.4. The van der Waals surface area contributed by atoms with Gasteiger partial charge in [0.15, 0.2) is 0 Å². The Labute approximate surface area is 141 Å². The van der Waals surface area contributed by atoms with Gasteiger partial charge in [0, 0.05) is 37.7 Å². The van der Waals surface area contributed by atoms with E-state index in [2.05, 4.69) is 0 Å². The van der Waals surface area contributed by atoms with Crippen molar-refractivity contribution in [3.8, 4) is 11.5 Å². The molecule has 0 unspecified atom stereocenters. The topological polar surface area (TPSA) is 73.2 Å². The summed E-state index contributed by atoms with van der Waals surface area (Å²) in [5.41, 5.74) is 2.03. The molecule has 0 fully saturated rings. The second kappa shape index (κ2) is 6.36. The summed E-state index contributed by atoms with van der Waals surface area (Å²) in [5, 5.41) is 21.9. The zero-order valence-electron chi connectivity index (χ0n) is 14.4. The maximum Gasteiger partial charge on any atom is 0.257 e. The quantitative estimate of drug-likeness (QED) is 0.890. The maximum absolute atomic E-state index is 12.9. The second-order valence-corrected chi connectivity index (χ2v) is 6.63. The molecule has 1 aromatic carbocycles. The molecule has 0 spiro atoms. The Balaban J connectivity index is 1.82. The number of hydrogen-bond donors (Lipinski definition) is 2. The molecular weight excluding hydrogens is 308 g/mol. The van der Waals surface area contributed by atoms with Gasteiger partial charge in [-0.15, -0.1) is 5.06 Å². The molecule has 0 saturated carbocycles. The van der Waals surface area contributed by atoms with Gasteiger partial charge in [-0.25, -0.2) is 0 Å². The van der Waals surface area contributed by atoms with Gasteiger partial charge in [-0.05, 0) is 24.5 Å². The number of likely N-dealkylation sites (N-methyl/N-ethyl adjacent to an activating group) is 1. The van der Waals surface area contributed by atoms with E-state index in [1.54, 1.807) is 11.0 Å². The number of carbonyl (C=O) groups excluding carboxylic acids is 1. The molecule has 0 atom stereocenters. The Hall–Kier alpha value is -2.21. The van der Waals surface area contributed by atoms with Crippen molar-refractivity contribution >= 4 is 5.91 Å². The summed E-state index contributed by atoms with van der Waals surface area (Å²) in [5.74, 6) is 0.661. The minimum absolute atomic E-state index is 0.0190. The molecule has 0 saturated heterocycles. The van der Waals surface area contributed by atoms with Gasteiger partial charge in [0.05, 0.1) is 12.1 Å². The lowest BCUT2D eigenvalue weighted by molar-refractivity contribution is -0.0893. The Morgan fingerprint density at radius 1 is 1.25 bits per heavy atom. The number of nitrogens with zero attached hydrogens (tertiary/aromatic N) is 2. The summed E-state index contributed by atoms with van der Waals surface area (Å²) >= 11 is 0. The molecule has 2 aliphatic heterocycles. The number of phenolic OH excluding ortho intramolecular Hbond substituents is 2. The van der Waals surface area contributed by atoms with Crippen LogP contribution in [0.4, 0.5) is 0 Å². The van der Waals surface area contributed by atoms with Crippen molar-refractivity contribution in [1.82, 2.24) is 9.96 Å². The number of phenols is 2. The fourth-order valence-electron chi connectivity index (χ4n) is 3.21. The van der Waals surface area contributed by atoms with Gasteiger partial charge in [0.2, 0.25) is 0 Å². The maximum atomic E-state index is 12.9. The van der Waals surface area contributed by atoms with Crippen molar-refractivity contribution in [3.63, 3.8) is 0 Å². The molecule has 0 aliphatic carbocycles. The molecule has 1 aromatic rings. The van der Waals surface area contributed by atoms with Crippen LogP contribution in [0.25, 0.3) is 0 Å². The van der Waals surface area contributed by atoms with Crippen molar-refractivity contribution in [2.45, 2.75) is 33.1 Å². The third-order valence-electron chi connectivity index (χ3n) is 4.63. The standard InChI is InChI=1S/C18H24N2O4/c1-4-20-10-12-9-19(6-5-17(12)24-20)18(23)14-7-13(11(2)3)15(21)8-16(14)22/h7-8,11,21-22H,4-6,9-10H2,1-3H3. The molecule has 2 N–H and O–H groups in total. The van der Waals surface area contributed by atoms with Gasteiger partial charge in [0.25, 0.3) is 5.91 Å². The monoisotopic (exact) mass is 332 g/mol. The van der Waals surface area contributed by atoms with E-state index >= 15 is 0 Å². The third kappa shape index (κ3) is 2.94. The largest absolute Gasteiger partial charge is 0.508 e. The number of hydroxylamine groups is 2. The minimum atomic E-state index is -0.212. The predicted molar refractivity (Wildman–Crippen MR) is 89.7 cm³/mol. The first-order valence-corrected chi connectivity index (χ1v) is 8.39. The van der Waals surface area contributed by atoms with E-state index in [9.17, 15) is 15.0 Å². The molecule has 130 valence electrons. The summed E-state index contributed by atoms with van der Waals surface area (Å²) in [7, 11) is 0. The van der Waals surface area contributed by atoms with Gasteiger partial charge >= 0.3 is 0 Å². The minimum Gasteiger partial charge on any atom is -0.508 e. The molecule has 0 bridgehead atoms. The van der Waals surface area contributed by atoms with E-state index in [0.717, 1.165) is 17.9 Å². The van der Waals surface area contributed by atoms with Gasteiger partial charge in [0.1, 0.15) is 17.3 Å². The van der Waals surface area contributed by atoms with Crippen LogP contribution in [-0.2, 0) is 4.84 Å². The van der Waals surface area contributed by atoms with Crippen LogP contribution in [0.3, 0.4) is 0 Å². The molecule has 2 aliphatic rings. The summed E-state index contributed by atoms with van der Waals surface area (Å²) in [6, 6.07) is 2.86. The Morgan fingerprint density at radius 3 is 2.67 bits per heavy atom. The van der Waals surface area contributed by atoms with E-state index in [4.69, 9.17) is 4.84 Å². The van der Waals surface area contributed by atoms with Gasteiger partial charge in [-0.1, -0.05) is 13.8 Å². The Kier molecular flexibility index (Phi) is 4.41. The number of benzene rings is 1. The molecule has 6 heteroatoms. The highest BCUT2D eigenvalue weighted by molar-refractivity contribution is 5.97. The van der Waals surface area contributed by atoms with Crippen LogP contribution in [-0.4, -0.2) is 52.3 Å². The van der Waals surface area contributed by atoms with Crippen molar-refractivity contribution in [3.05, 3.63) is 34.6 Å². The first-order valence-electron chi connectivity index (χ1n) is 8.39. The van der Waals surface area contributed by atoms with E-state index in [1.165, 1.54) is 6.07 Å². The van der Waals surface area contributed by atoms with E-state index in [-0.39, 0.29) is 28.9 Å². The molecule has 0 aromatic heterocycles. The fraction of sp³-hybridized carbons (Fsp3) is 0.500. The number of rotatable bonds is 3. The highest BCUT2D eigenvalue weighted by atomic mass is 16.7. The number of amides is 1. The molecule has 2 heterocycles. The molecule has 6 nitrogen and oxygen atoms in total. The van der Waals surface area contributed by atoms with Crippen LogP contribution >= 0.6 is 0 Å². The summed E-state index contributed by atoms with van der Waals surface area (Å²) in [6.45, 7) is 8.50. The highest BCUT2D eigenvalue weighted by Gasteiger charge is 2.32. The fourth-order valence-corrected chi connectivity index (χ4v) is 3.21. The van der Waals surface area contributed by atoms with Crippen molar-refractivity contribution in [1.29, 1.82) is 0 Å². The SMILES string of the molecule is CCN1CC2=C(CCN(C(=O)c3cc(C(C)C)c(O)cc3O)C2)O1. The van der Waals surface area contributed by atoms with Crippen LogP contribution < -0.4 is 0 Å². The number of aromatic hydroxyl groups is 2. The lowest BCUT2D eigenvalue weighted by Gasteiger charge is -2.27. The lowest BCUT2D eigenvalue weighted by Crippen LogP contribution is -2.37. The lowest BCUT2D eigenvalue weighted by atomic mass is 9.98. The second-order valence-electron chi connectivity index (χ2n) is 6.63. The number of hydrogen-bond acceptors (Lipinski definition) is 5. The Bertz CT molecular complexity index is 697. The van der Waals surface area contributed by atoms with Crippen molar-refractivity contribution in [2.24, 2.45) is 0 Å². The average molecular weight is 332 g/mol. The predicted octanol–water partition coefficient (Wildman–Crippen LogP) is 2.59. The van der Waals surface area contributed by atoms with Crippen LogP contribution in [0.15, 0.2) is 23.5 Å². The molecule has 0 radical (unpaired) electrons. The van der Waals surface area contributed by atoms with E-state index in [1.807, 2.05) is 25.8 Å². The smallest absolute Gasteiger partial charge is 0.257 e. The normalized spacial score (nSPS) is 18.1. The molecular formula is C18H24N2O4. The number of carbonyl (C=O) groups is 1. The van der Waals surface area contributed by atoms with Gasteiger partial charge in [-0.2, -0.15) is 0 Å². The first kappa shape index (κ1) is 16.6. The van der Waals surface area contributed by atoms with E-state index < -0.39 is 0 Å². The Morgan fingerprint density at radius 2 is 2.00 bits per heavy atom. The average Bonchev–Trinajstić information content (AvgIpc) is 2.96. The van der Waals surface area contributed by atoms with Crippen molar-refractivity contribution in [2.75, 3.05) is 26.2 Å². The van der Waals surface area contributed by atoms with Crippen molar-refractivity contribution < 1.29 is 19.8 Å². The molecule has 24 heavy (non-hydrogen) atoms. The van der Waals surface area contributed by atoms with Gasteiger partial charge < -0.3 is 20.0 Å². The summed E-state index contributed by atoms with van der Waals surface area (Å²) in [4.78, 5) is 20.3. The van der Waals surface area contributed by atoms with Gasteiger partial charge in [-0.3, -0.25) is 4.79 Å². The summed E-state index contributed by atoms with van der Waals surface area (Å²) in [6.07, 6.45) is 0.688. The van der Waals surface area contributed by atoms with Crippen LogP contribution in [0.2, 0.25) is 0 Å². The third-order valence-corrected chi connectivity index (χ3v) is 4.63. The van der Waals surface area contributed by atoms with E-state index in [0.29, 0.717) is 31.6 Å². The first-order chi connectivity index (χ1) is 11.4. The summed E-state index contributed by atoms with van der Waals surface area (Å²) < 4.78 is 0. The molecule has 3 rings (SSSR count). The van der Waals surface area contributed by atoms with Crippen LogP contribution in [0, 0.1) is 0 Å². The zero-order valence-corrected chi connectivity index (χ0v) is 14.4. The molecule has 1 amide bonds. The highest BCUT2D eigenvalue weighted by Crippen LogP contribution is 2.34. The van der Waals surface area contributed by atoms with Crippen LogP contribution in [0.5, 0.6) is 11.5 Å². The van der Waals surface area contributed by atoms with Crippen LogP contribution in [0.1, 0.15) is 49.0 Å².